The molecule has 0 aliphatic carbocycles. The number of hydrogen-bond donors (Lipinski definition) is 2. The highest BCUT2D eigenvalue weighted by Crippen LogP contribution is 2.30. The molecule has 0 atom stereocenters. The third kappa shape index (κ3) is 3.38. The van der Waals surface area contributed by atoms with Crippen LogP contribution in [0.15, 0.2) is 39.0 Å². The maximum absolute atomic E-state index is 12.3. The van der Waals surface area contributed by atoms with Crippen molar-refractivity contribution >= 4 is 60.2 Å². The van der Waals surface area contributed by atoms with Gasteiger partial charge in [0.2, 0.25) is 0 Å². The quantitative estimate of drug-likeness (QED) is 0.785. The summed E-state index contributed by atoms with van der Waals surface area (Å²) in [5.74, 6) is 0. The van der Waals surface area contributed by atoms with Crippen LogP contribution in [0.2, 0.25) is 0 Å². The summed E-state index contributed by atoms with van der Waals surface area (Å²) in [5.41, 5.74) is 6.65. The van der Waals surface area contributed by atoms with E-state index >= 15 is 0 Å². The lowest BCUT2D eigenvalue weighted by molar-refractivity contribution is 0.601. The Balaban J connectivity index is 2.28. The third-order valence-corrected chi connectivity index (χ3v) is 5.98. The number of nitrogens with two attached hydrogens (primary N) is 1. The van der Waals surface area contributed by atoms with E-state index in [1.165, 1.54) is 11.3 Å². The molecule has 2 aromatic rings. The van der Waals surface area contributed by atoms with Crippen molar-refractivity contribution in [3.05, 3.63) is 44.6 Å². The Hall–Kier alpha value is -0.960. The minimum absolute atomic E-state index is 0.271. The van der Waals surface area contributed by atoms with Crippen molar-refractivity contribution in [1.82, 2.24) is 0 Å². The van der Waals surface area contributed by atoms with Crippen LogP contribution in [0.3, 0.4) is 0 Å². The fraction of sp³-hybridized carbons (Fsp3) is 0.0833. The van der Waals surface area contributed by atoms with Gasteiger partial charge in [-0.2, -0.15) is 0 Å². The minimum atomic E-state index is -3.59. The molecule has 0 amide bonds. The summed E-state index contributed by atoms with van der Waals surface area (Å²) in [7, 11) is -3.59. The predicted molar refractivity (Wildman–Crippen MR) is 89.9 cm³/mol. The molecule has 4 nitrogen and oxygen atoms in total. The molecule has 0 radical (unpaired) electrons. The van der Waals surface area contributed by atoms with Crippen LogP contribution in [0.4, 0.5) is 5.69 Å². The van der Waals surface area contributed by atoms with Gasteiger partial charge in [-0.1, -0.05) is 12.2 Å². The van der Waals surface area contributed by atoms with Gasteiger partial charge in [-0.15, -0.1) is 11.3 Å². The first-order valence-corrected chi connectivity index (χ1v) is 8.98. The summed E-state index contributed by atoms with van der Waals surface area (Å²) in [6.07, 6.45) is 0. The van der Waals surface area contributed by atoms with E-state index < -0.39 is 10.0 Å². The third-order valence-electron chi connectivity index (χ3n) is 2.55. The Morgan fingerprint density at radius 2 is 1.95 bits per heavy atom. The molecular formula is C12H11BrN2O2S3. The summed E-state index contributed by atoms with van der Waals surface area (Å²) in [6.45, 7) is 1.76. The van der Waals surface area contributed by atoms with Gasteiger partial charge < -0.3 is 5.73 Å². The second-order valence-electron chi connectivity index (χ2n) is 4.02. The van der Waals surface area contributed by atoms with Crippen LogP contribution in [0.25, 0.3) is 0 Å². The Labute approximate surface area is 135 Å². The second-order valence-corrected chi connectivity index (χ2v) is 8.74. The van der Waals surface area contributed by atoms with Crippen LogP contribution in [0, 0.1) is 6.92 Å². The summed E-state index contributed by atoms with van der Waals surface area (Å²) in [6, 6.07) is 8.20. The van der Waals surface area contributed by atoms with Gasteiger partial charge in [0.15, 0.2) is 0 Å². The predicted octanol–water partition coefficient (Wildman–Crippen LogP) is 3.25. The molecule has 0 spiro atoms. The Bertz CT molecular complexity index is 752. The van der Waals surface area contributed by atoms with Gasteiger partial charge in [0.25, 0.3) is 10.0 Å². The van der Waals surface area contributed by atoms with E-state index in [1.807, 2.05) is 0 Å². The van der Waals surface area contributed by atoms with Gasteiger partial charge in [0.05, 0.1) is 3.79 Å². The van der Waals surface area contributed by atoms with Crippen molar-refractivity contribution in [2.24, 2.45) is 5.73 Å². The van der Waals surface area contributed by atoms with Crippen molar-refractivity contribution in [3.63, 3.8) is 0 Å². The smallest absolute Gasteiger partial charge is 0.263 e. The molecule has 0 saturated heterocycles. The van der Waals surface area contributed by atoms with Crippen LogP contribution in [0.5, 0.6) is 0 Å². The Morgan fingerprint density at radius 3 is 2.40 bits per heavy atom. The first-order chi connectivity index (χ1) is 9.29. The molecule has 1 aromatic heterocycles. The Morgan fingerprint density at radius 1 is 1.35 bits per heavy atom. The van der Waals surface area contributed by atoms with Crippen molar-refractivity contribution in [2.45, 2.75) is 11.8 Å². The molecule has 0 aliphatic heterocycles. The van der Waals surface area contributed by atoms with E-state index in [0.717, 1.165) is 8.66 Å². The molecule has 0 saturated carbocycles. The van der Waals surface area contributed by atoms with Crippen molar-refractivity contribution < 1.29 is 8.42 Å². The lowest BCUT2D eigenvalue weighted by Crippen LogP contribution is -2.13. The zero-order chi connectivity index (χ0) is 14.9. The molecule has 0 fully saturated rings. The SMILES string of the molecule is Cc1sc(Br)cc1S(=O)(=O)Nc1ccc(C(N)=S)cc1. The van der Waals surface area contributed by atoms with Gasteiger partial charge in [0.1, 0.15) is 9.88 Å². The fourth-order valence-corrected chi connectivity index (χ4v) is 5.22. The lowest BCUT2D eigenvalue weighted by atomic mass is 10.2. The molecule has 3 N–H and O–H groups in total. The molecule has 0 unspecified atom stereocenters. The first kappa shape index (κ1) is 15.4. The first-order valence-electron chi connectivity index (χ1n) is 5.48. The highest BCUT2D eigenvalue weighted by Gasteiger charge is 2.19. The molecule has 1 aromatic carbocycles. The van der Waals surface area contributed by atoms with Crippen LogP contribution >= 0.6 is 39.5 Å². The molecule has 8 heteroatoms. The van der Waals surface area contributed by atoms with Gasteiger partial charge in [0, 0.05) is 16.1 Å². The average molecular weight is 391 g/mol. The fourth-order valence-electron chi connectivity index (χ4n) is 1.61. The minimum Gasteiger partial charge on any atom is -0.389 e. The number of halogens is 1. The molecular weight excluding hydrogens is 380 g/mol. The van der Waals surface area contributed by atoms with E-state index in [1.54, 1.807) is 37.3 Å². The number of anilines is 1. The monoisotopic (exact) mass is 390 g/mol. The molecule has 20 heavy (non-hydrogen) atoms. The maximum atomic E-state index is 12.3. The van der Waals surface area contributed by atoms with E-state index in [4.69, 9.17) is 18.0 Å². The average Bonchev–Trinajstić information content (AvgIpc) is 2.69. The van der Waals surface area contributed by atoms with Crippen molar-refractivity contribution in [2.75, 3.05) is 4.72 Å². The molecule has 0 bridgehead atoms. The lowest BCUT2D eigenvalue weighted by Gasteiger charge is -2.08. The number of nitrogens with one attached hydrogen (secondary N) is 1. The van der Waals surface area contributed by atoms with Crippen LogP contribution in [0.1, 0.15) is 10.4 Å². The van der Waals surface area contributed by atoms with Crippen molar-refractivity contribution in [3.8, 4) is 0 Å². The van der Waals surface area contributed by atoms with E-state index in [2.05, 4.69) is 20.7 Å². The molecule has 2 rings (SSSR count). The van der Waals surface area contributed by atoms with Gasteiger partial charge in [-0.3, -0.25) is 4.72 Å². The van der Waals surface area contributed by atoms with Crippen LogP contribution in [-0.2, 0) is 10.0 Å². The molecule has 106 valence electrons. The number of rotatable bonds is 4. The highest BCUT2D eigenvalue weighted by atomic mass is 79.9. The molecule has 0 aliphatic rings. The standard InChI is InChI=1S/C12H11BrN2O2S3/c1-7-10(6-11(13)19-7)20(16,17)15-9-4-2-8(3-5-9)12(14)18/h2-6,15H,1H3,(H2,14,18). The summed E-state index contributed by atoms with van der Waals surface area (Å²) in [5, 5.41) is 0. The van der Waals surface area contributed by atoms with E-state index in [0.29, 0.717) is 11.3 Å². The zero-order valence-corrected chi connectivity index (χ0v) is 14.4. The largest absolute Gasteiger partial charge is 0.389 e. The second kappa shape index (κ2) is 5.80. The number of thiophene rings is 1. The molecule has 1 heterocycles. The van der Waals surface area contributed by atoms with Crippen LogP contribution < -0.4 is 10.5 Å². The van der Waals surface area contributed by atoms with Gasteiger partial charge in [-0.25, -0.2) is 8.42 Å². The van der Waals surface area contributed by atoms with Gasteiger partial charge >= 0.3 is 0 Å². The normalized spacial score (nSPS) is 11.3. The van der Waals surface area contributed by atoms with Gasteiger partial charge in [-0.05, 0) is 53.2 Å². The zero-order valence-electron chi connectivity index (χ0n) is 10.4. The maximum Gasteiger partial charge on any atom is 0.263 e. The topological polar surface area (TPSA) is 72.2 Å². The summed E-state index contributed by atoms with van der Waals surface area (Å²) < 4.78 is 27.9. The number of thiocarbonyl (C=S) groups is 1. The number of sulfonamides is 1. The Kier molecular flexibility index (Phi) is 4.48. The summed E-state index contributed by atoms with van der Waals surface area (Å²) in [4.78, 5) is 1.27. The number of aryl methyl sites for hydroxylation is 1. The summed E-state index contributed by atoms with van der Waals surface area (Å²) >= 11 is 9.51. The number of benzene rings is 1. The highest BCUT2D eigenvalue weighted by molar-refractivity contribution is 9.11. The van der Waals surface area contributed by atoms with Crippen molar-refractivity contribution in [1.29, 1.82) is 0 Å². The van der Waals surface area contributed by atoms with E-state index in [9.17, 15) is 8.42 Å². The number of hydrogen-bond acceptors (Lipinski definition) is 4. The van der Waals surface area contributed by atoms with Crippen LogP contribution in [-0.4, -0.2) is 13.4 Å². The van der Waals surface area contributed by atoms with E-state index in [-0.39, 0.29) is 9.88 Å².